The summed E-state index contributed by atoms with van der Waals surface area (Å²) < 4.78 is 10.5. The number of benzene rings is 1. The Balaban J connectivity index is 2.08. The minimum absolute atomic E-state index is 0.206. The molecule has 128 valence electrons. The molecule has 0 fully saturated rings. The maximum absolute atomic E-state index is 12.1. The second-order valence-corrected chi connectivity index (χ2v) is 6.61. The van der Waals surface area contributed by atoms with E-state index in [2.05, 4.69) is 5.32 Å². The molecule has 0 unspecified atom stereocenters. The highest BCUT2D eigenvalue weighted by atomic mass is 35.5. The normalized spacial score (nSPS) is 10.3. The van der Waals surface area contributed by atoms with Crippen LogP contribution in [0, 0.1) is 13.8 Å². The van der Waals surface area contributed by atoms with Gasteiger partial charge in [-0.15, -0.1) is 11.3 Å². The van der Waals surface area contributed by atoms with Crippen LogP contribution in [0.4, 0.5) is 5.00 Å². The highest BCUT2D eigenvalue weighted by Gasteiger charge is 2.22. The van der Waals surface area contributed by atoms with E-state index in [-0.39, 0.29) is 19.1 Å². The number of amides is 1. The number of carbonyl (C=O) groups is 2. The van der Waals surface area contributed by atoms with E-state index in [9.17, 15) is 9.59 Å². The molecule has 0 bridgehead atoms. The number of esters is 1. The third-order valence-electron chi connectivity index (χ3n) is 3.31. The van der Waals surface area contributed by atoms with Gasteiger partial charge < -0.3 is 14.8 Å². The van der Waals surface area contributed by atoms with E-state index in [0.717, 1.165) is 10.4 Å². The van der Waals surface area contributed by atoms with Crippen molar-refractivity contribution >= 4 is 39.8 Å². The highest BCUT2D eigenvalue weighted by molar-refractivity contribution is 7.16. The number of hydrogen-bond acceptors (Lipinski definition) is 5. The number of aryl methyl sites for hydroxylation is 1. The van der Waals surface area contributed by atoms with Gasteiger partial charge in [-0.3, -0.25) is 4.79 Å². The van der Waals surface area contributed by atoms with Gasteiger partial charge in [0.1, 0.15) is 10.8 Å². The fourth-order valence-corrected chi connectivity index (χ4v) is 3.29. The molecule has 0 aliphatic heterocycles. The maximum atomic E-state index is 12.1. The van der Waals surface area contributed by atoms with Crippen molar-refractivity contribution in [1.29, 1.82) is 0 Å². The summed E-state index contributed by atoms with van der Waals surface area (Å²) in [6, 6.07) is 6.90. The average molecular weight is 368 g/mol. The minimum Gasteiger partial charge on any atom is -0.482 e. The summed E-state index contributed by atoms with van der Waals surface area (Å²) >= 11 is 7.31. The van der Waals surface area contributed by atoms with E-state index >= 15 is 0 Å². The number of para-hydroxylation sites is 1. The lowest BCUT2D eigenvalue weighted by molar-refractivity contribution is -0.118. The number of nitrogens with one attached hydrogen (secondary N) is 1. The zero-order chi connectivity index (χ0) is 17.7. The van der Waals surface area contributed by atoms with Crippen LogP contribution < -0.4 is 10.1 Å². The lowest BCUT2D eigenvalue weighted by Crippen LogP contribution is -2.21. The van der Waals surface area contributed by atoms with Crippen LogP contribution in [-0.2, 0) is 9.53 Å². The van der Waals surface area contributed by atoms with Gasteiger partial charge in [-0.05, 0) is 38.5 Å². The first kappa shape index (κ1) is 18.3. The number of carbonyl (C=O) groups excluding carboxylic acids is 2. The van der Waals surface area contributed by atoms with E-state index in [1.165, 1.54) is 11.3 Å². The molecule has 0 radical (unpaired) electrons. The number of thiophene rings is 1. The predicted octanol–water partition coefficient (Wildman–Crippen LogP) is 4.21. The summed E-state index contributed by atoms with van der Waals surface area (Å²) in [4.78, 5) is 25.2. The van der Waals surface area contributed by atoms with Gasteiger partial charge in [-0.1, -0.05) is 23.7 Å². The number of anilines is 1. The molecule has 0 saturated heterocycles. The highest BCUT2D eigenvalue weighted by Crippen LogP contribution is 2.33. The summed E-state index contributed by atoms with van der Waals surface area (Å²) in [5, 5.41) is 3.61. The molecule has 1 N–H and O–H groups in total. The zero-order valence-electron chi connectivity index (χ0n) is 13.6. The van der Waals surface area contributed by atoms with Gasteiger partial charge in [0.05, 0.1) is 17.2 Å². The number of hydrogen-bond donors (Lipinski definition) is 1. The molecule has 1 amide bonds. The molecule has 7 heteroatoms. The molecular weight excluding hydrogens is 350 g/mol. The molecule has 1 heterocycles. The summed E-state index contributed by atoms with van der Waals surface area (Å²) in [7, 11) is 0. The van der Waals surface area contributed by atoms with E-state index in [0.29, 0.717) is 21.3 Å². The van der Waals surface area contributed by atoms with Crippen molar-refractivity contribution in [1.82, 2.24) is 0 Å². The molecule has 24 heavy (non-hydrogen) atoms. The minimum atomic E-state index is -0.443. The zero-order valence-corrected chi connectivity index (χ0v) is 15.2. The standard InChI is InChI=1S/C17H18ClNO4S/c1-4-22-17(21)15-10(2)11(3)24-16(15)19-14(20)9-23-13-8-6-5-7-12(13)18/h5-8H,4,9H2,1-3H3,(H,19,20). The monoisotopic (exact) mass is 367 g/mol. The SMILES string of the molecule is CCOC(=O)c1c(NC(=O)COc2ccccc2Cl)sc(C)c1C. The summed E-state index contributed by atoms with van der Waals surface area (Å²) in [6.45, 7) is 5.52. The van der Waals surface area contributed by atoms with Crippen molar-refractivity contribution in [2.75, 3.05) is 18.5 Å². The summed E-state index contributed by atoms with van der Waals surface area (Å²) in [5.41, 5.74) is 1.20. The van der Waals surface area contributed by atoms with E-state index in [1.807, 2.05) is 13.8 Å². The Morgan fingerprint density at radius 1 is 1.25 bits per heavy atom. The van der Waals surface area contributed by atoms with Gasteiger partial charge >= 0.3 is 5.97 Å². The van der Waals surface area contributed by atoms with Gasteiger partial charge in [-0.2, -0.15) is 0 Å². The number of ether oxygens (including phenoxy) is 2. The predicted molar refractivity (Wildman–Crippen MR) is 95.3 cm³/mol. The first-order chi connectivity index (χ1) is 11.4. The molecule has 2 rings (SSSR count). The third kappa shape index (κ3) is 4.27. The molecule has 1 aromatic heterocycles. The van der Waals surface area contributed by atoms with Crippen LogP contribution in [0.15, 0.2) is 24.3 Å². The van der Waals surface area contributed by atoms with E-state index < -0.39 is 5.97 Å². The third-order valence-corrected chi connectivity index (χ3v) is 4.75. The van der Waals surface area contributed by atoms with Crippen molar-refractivity contribution < 1.29 is 19.1 Å². The molecule has 1 aromatic carbocycles. The topological polar surface area (TPSA) is 64.6 Å². The molecule has 0 saturated carbocycles. The Morgan fingerprint density at radius 3 is 2.62 bits per heavy atom. The molecular formula is C17H18ClNO4S. The number of halogens is 1. The lowest BCUT2D eigenvalue weighted by Gasteiger charge is -2.09. The van der Waals surface area contributed by atoms with Crippen molar-refractivity contribution in [3.05, 3.63) is 45.3 Å². The first-order valence-electron chi connectivity index (χ1n) is 7.38. The number of rotatable bonds is 6. The maximum Gasteiger partial charge on any atom is 0.341 e. The average Bonchev–Trinajstić information content (AvgIpc) is 2.81. The molecule has 0 aliphatic carbocycles. The Kier molecular flexibility index (Phi) is 6.23. The van der Waals surface area contributed by atoms with Gasteiger partial charge in [0.25, 0.3) is 5.91 Å². The molecule has 0 atom stereocenters. The van der Waals surface area contributed by atoms with E-state index in [1.54, 1.807) is 31.2 Å². The van der Waals surface area contributed by atoms with E-state index in [4.69, 9.17) is 21.1 Å². The van der Waals surface area contributed by atoms with Crippen LogP contribution in [0.2, 0.25) is 5.02 Å². The Labute approximate surface area is 149 Å². The Morgan fingerprint density at radius 2 is 1.96 bits per heavy atom. The molecule has 5 nitrogen and oxygen atoms in total. The van der Waals surface area contributed by atoms with Crippen molar-refractivity contribution in [2.45, 2.75) is 20.8 Å². The van der Waals surface area contributed by atoms with Gasteiger partial charge in [-0.25, -0.2) is 4.79 Å². The second-order valence-electron chi connectivity index (χ2n) is 4.98. The van der Waals surface area contributed by atoms with Gasteiger partial charge in [0.15, 0.2) is 6.61 Å². The van der Waals surface area contributed by atoms with Crippen LogP contribution in [0.3, 0.4) is 0 Å². The smallest absolute Gasteiger partial charge is 0.341 e. The van der Waals surface area contributed by atoms with Crippen LogP contribution in [0.1, 0.15) is 27.7 Å². The molecule has 0 aliphatic rings. The largest absolute Gasteiger partial charge is 0.482 e. The fourth-order valence-electron chi connectivity index (χ4n) is 2.03. The summed E-state index contributed by atoms with van der Waals surface area (Å²) in [5.74, 6) is -0.387. The Bertz CT molecular complexity index is 757. The van der Waals surface area contributed by atoms with Crippen LogP contribution >= 0.6 is 22.9 Å². The van der Waals surface area contributed by atoms with Crippen molar-refractivity contribution in [2.24, 2.45) is 0 Å². The molecule has 2 aromatic rings. The van der Waals surface area contributed by atoms with Crippen molar-refractivity contribution in [3.8, 4) is 5.75 Å². The van der Waals surface area contributed by atoms with Crippen LogP contribution in [0.5, 0.6) is 5.75 Å². The van der Waals surface area contributed by atoms with Crippen LogP contribution in [0.25, 0.3) is 0 Å². The quantitative estimate of drug-likeness (QED) is 0.776. The van der Waals surface area contributed by atoms with Crippen LogP contribution in [-0.4, -0.2) is 25.1 Å². The fraction of sp³-hybridized carbons (Fsp3) is 0.294. The van der Waals surface area contributed by atoms with Gasteiger partial charge in [0.2, 0.25) is 0 Å². The van der Waals surface area contributed by atoms with Gasteiger partial charge in [0, 0.05) is 4.88 Å². The second kappa shape index (κ2) is 8.17. The summed E-state index contributed by atoms with van der Waals surface area (Å²) in [6.07, 6.45) is 0. The first-order valence-corrected chi connectivity index (χ1v) is 8.57. The Hall–Kier alpha value is -2.05. The van der Waals surface area contributed by atoms with Crippen molar-refractivity contribution in [3.63, 3.8) is 0 Å². The molecule has 0 spiro atoms. The lowest BCUT2D eigenvalue weighted by atomic mass is 10.1.